The SMILES string of the molecule is O=C(CCC(NC(=O)c1cc(Cl)cc(Cl)c1)C(=O)N1CCC2(CCCC2)CC1)N[C@H](Cc1c[nH]c2ccccc12)C(=O)O. The van der Waals surface area contributed by atoms with Crippen LogP contribution in [0.2, 0.25) is 10.0 Å². The maximum atomic E-state index is 13.7. The lowest BCUT2D eigenvalue weighted by molar-refractivity contribution is -0.142. The molecule has 1 spiro atoms. The van der Waals surface area contributed by atoms with E-state index in [-0.39, 0.29) is 40.8 Å². The van der Waals surface area contributed by atoms with Crippen molar-refractivity contribution in [3.63, 3.8) is 0 Å². The molecule has 1 saturated heterocycles. The van der Waals surface area contributed by atoms with Crippen LogP contribution in [0.4, 0.5) is 0 Å². The molecule has 5 rings (SSSR count). The van der Waals surface area contributed by atoms with E-state index in [1.165, 1.54) is 43.9 Å². The normalized spacial score (nSPS) is 17.5. The molecule has 1 unspecified atom stereocenters. The third kappa shape index (κ3) is 7.51. The number of hydrogen-bond acceptors (Lipinski definition) is 4. The quantitative estimate of drug-likeness (QED) is 0.241. The number of hydrogen-bond donors (Lipinski definition) is 4. The molecule has 2 heterocycles. The summed E-state index contributed by atoms with van der Waals surface area (Å²) in [6.45, 7) is 1.21. The highest BCUT2D eigenvalue weighted by Crippen LogP contribution is 2.46. The van der Waals surface area contributed by atoms with Gasteiger partial charge in [-0.2, -0.15) is 0 Å². The molecular formula is C32H36Cl2N4O5. The van der Waals surface area contributed by atoms with Crippen molar-refractivity contribution in [3.8, 4) is 0 Å². The minimum absolute atomic E-state index is 0.00573. The van der Waals surface area contributed by atoms with Gasteiger partial charge in [0, 0.05) is 58.6 Å². The number of fused-ring (bicyclic) bond motifs is 1. The Morgan fingerprint density at radius 1 is 0.930 bits per heavy atom. The van der Waals surface area contributed by atoms with Crippen LogP contribution in [-0.2, 0) is 20.8 Å². The number of piperidine rings is 1. The van der Waals surface area contributed by atoms with Crippen LogP contribution in [0.25, 0.3) is 10.9 Å². The molecule has 2 aliphatic rings. The van der Waals surface area contributed by atoms with E-state index in [4.69, 9.17) is 23.2 Å². The molecule has 3 amide bonds. The number of aromatic amines is 1. The highest BCUT2D eigenvalue weighted by Gasteiger charge is 2.39. The smallest absolute Gasteiger partial charge is 0.326 e. The van der Waals surface area contributed by atoms with E-state index in [1.807, 2.05) is 24.3 Å². The Morgan fingerprint density at radius 2 is 1.60 bits per heavy atom. The third-order valence-electron chi connectivity index (χ3n) is 8.92. The fraction of sp³-hybridized carbons (Fsp3) is 0.438. The van der Waals surface area contributed by atoms with Gasteiger partial charge in [-0.25, -0.2) is 4.79 Å². The third-order valence-corrected chi connectivity index (χ3v) is 9.36. The second-order valence-corrected chi connectivity index (χ2v) is 12.7. The molecule has 9 nitrogen and oxygen atoms in total. The topological polar surface area (TPSA) is 132 Å². The summed E-state index contributed by atoms with van der Waals surface area (Å²) in [6.07, 6.45) is 8.37. The first kappa shape index (κ1) is 30.9. The largest absolute Gasteiger partial charge is 0.480 e. The van der Waals surface area contributed by atoms with Crippen molar-refractivity contribution in [1.82, 2.24) is 20.5 Å². The van der Waals surface area contributed by atoms with Crippen molar-refractivity contribution < 1.29 is 24.3 Å². The molecular weight excluding hydrogens is 591 g/mol. The van der Waals surface area contributed by atoms with Crippen molar-refractivity contribution >= 4 is 57.8 Å². The first-order chi connectivity index (χ1) is 20.6. The molecule has 228 valence electrons. The number of aromatic nitrogens is 1. The fourth-order valence-electron chi connectivity index (χ4n) is 6.49. The Balaban J connectivity index is 1.25. The predicted octanol–water partition coefficient (Wildman–Crippen LogP) is 5.35. The number of benzene rings is 2. The van der Waals surface area contributed by atoms with Gasteiger partial charge in [0.05, 0.1) is 0 Å². The van der Waals surface area contributed by atoms with E-state index in [9.17, 15) is 24.3 Å². The van der Waals surface area contributed by atoms with Gasteiger partial charge in [-0.3, -0.25) is 14.4 Å². The summed E-state index contributed by atoms with van der Waals surface area (Å²) in [5.41, 5.74) is 2.16. The van der Waals surface area contributed by atoms with Crippen LogP contribution < -0.4 is 10.6 Å². The molecule has 2 aromatic carbocycles. The Kier molecular flexibility index (Phi) is 9.62. The van der Waals surface area contributed by atoms with Crippen molar-refractivity contribution in [2.75, 3.05) is 13.1 Å². The molecule has 1 aromatic heterocycles. The molecule has 0 radical (unpaired) electrons. The summed E-state index contributed by atoms with van der Waals surface area (Å²) in [4.78, 5) is 56.8. The number of H-pyrrole nitrogens is 1. The van der Waals surface area contributed by atoms with Crippen molar-refractivity contribution in [1.29, 1.82) is 0 Å². The fourth-order valence-corrected chi connectivity index (χ4v) is 7.02. The van der Waals surface area contributed by atoms with Gasteiger partial charge in [0.2, 0.25) is 11.8 Å². The minimum atomic E-state index is -1.16. The number of carboxylic acid groups (broad SMARTS) is 1. The lowest BCUT2D eigenvalue weighted by atomic mass is 9.77. The van der Waals surface area contributed by atoms with Gasteiger partial charge >= 0.3 is 5.97 Å². The number of carboxylic acids is 1. The summed E-state index contributed by atoms with van der Waals surface area (Å²) in [5, 5.41) is 16.7. The number of amides is 3. The lowest BCUT2D eigenvalue weighted by Gasteiger charge is -2.40. The van der Waals surface area contributed by atoms with Crippen LogP contribution in [0.5, 0.6) is 0 Å². The molecule has 4 N–H and O–H groups in total. The van der Waals surface area contributed by atoms with Crippen LogP contribution in [0, 0.1) is 5.41 Å². The monoisotopic (exact) mass is 626 g/mol. The Hall–Kier alpha value is -3.56. The van der Waals surface area contributed by atoms with Gasteiger partial charge in [-0.15, -0.1) is 0 Å². The van der Waals surface area contributed by atoms with Crippen LogP contribution in [0.3, 0.4) is 0 Å². The van der Waals surface area contributed by atoms with Crippen molar-refractivity contribution in [2.24, 2.45) is 5.41 Å². The molecule has 1 saturated carbocycles. The molecule has 11 heteroatoms. The zero-order chi connectivity index (χ0) is 30.6. The molecule has 43 heavy (non-hydrogen) atoms. The first-order valence-corrected chi connectivity index (χ1v) is 15.5. The summed E-state index contributed by atoms with van der Waals surface area (Å²) < 4.78 is 0. The summed E-state index contributed by atoms with van der Waals surface area (Å²) in [6, 6.07) is 9.83. The van der Waals surface area contributed by atoms with E-state index >= 15 is 0 Å². The van der Waals surface area contributed by atoms with Gasteiger partial charge in [0.1, 0.15) is 12.1 Å². The number of carbonyl (C=O) groups excluding carboxylic acids is 3. The second-order valence-electron chi connectivity index (χ2n) is 11.8. The lowest BCUT2D eigenvalue weighted by Crippen LogP contribution is -2.52. The number of nitrogens with zero attached hydrogens (tertiary/aromatic N) is 1. The van der Waals surface area contributed by atoms with Crippen molar-refractivity contribution in [3.05, 3.63) is 69.8 Å². The highest BCUT2D eigenvalue weighted by atomic mass is 35.5. The van der Waals surface area contributed by atoms with Crippen LogP contribution >= 0.6 is 23.2 Å². The molecule has 1 aliphatic heterocycles. The van der Waals surface area contributed by atoms with E-state index in [0.717, 1.165) is 29.3 Å². The van der Waals surface area contributed by atoms with E-state index in [2.05, 4.69) is 15.6 Å². The number of likely N-dealkylation sites (tertiary alicyclic amines) is 1. The van der Waals surface area contributed by atoms with Crippen LogP contribution in [-0.4, -0.2) is 63.9 Å². The molecule has 2 atom stereocenters. The van der Waals surface area contributed by atoms with Gasteiger partial charge in [-0.05, 0) is 67.3 Å². The standard InChI is InChI=1S/C32H36Cl2N4O5/c33-22-15-20(16-23(34)18-22)29(40)37-26(30(41)38-13-11-32(12-14-38)9-3-4-10-32)7-8-28(39)36-27(31(42)43)17-21-19-35-25-6-2-1-5-24(21)25/h1-2,5-6,15-16,18-19,26-27,35H,3-4,7-14,17H2,(H,36,39)(H,37,40)(H,42,43)/t26?,27-/m1/s1. The summed E-state index contributed by atoms with van der Waals surface area (Å²) in [7, 11) is 0. The zero-order valence-corrected chi connectivity index (χ0v) is 25.3. The predicted molar refractivity (Wildman–Crippen MR) is 165 cm³/mol. The maximum absolute atomic E-state index is 13.7. The van der Waals surface area contributed by atoms with Crippen LogP contribution in [0.1, 0.15) is 67.3 Å². The number of para-hydroxylation sites is 1. The molecule has 2 fully saturated rings. The number of halogens is 2. The summed E-state index contributed by atoms with van der Waals surface area (Å²) in [5.74, 6) is -2.47. The molecule has 3 aromatic rings. The average molecular weight is 628 g/mol. The van der Waals surface area contributed by atoms with E-state index in [1.54, 1.807) is 11.1 Å². The van der Waals surface area contributed by atoms with Crippen LogP contribution in [0.15, 0.2) is 48.7 Å². The van der Waals surface area contributed by atoms with E-state index < -0.39 is 29.9 Å². The van der Waals surface area contributed by atoms with Gasteiger partial charge < -0.3 is 25.6 Å². The number of carbonyl (C=O) groups is 4. The second kappa shape index (κ2) is 13.4. The first-order valence-electron chi connectivity index (χ1n) is 14.8. The maximum Gasteiger partial charge on any atom is 0.326 e. The Bertz CT molecular complexity index is 1490. The number of rotatable bonds is 10. The van der Waals surface area contributed by atoms with E-state index in [0.29, 0.717) is 18.5 Å². The zero-order valence-electron chi connectivity index (χ0n) is 23.8. The highest BCUT2D eigenvalue weighted by molar-refractivity contribution is 6.35. The summed E-state index contributed by atoms with van der Waals surface area (Å²) >= 11 is 12.2. The number of nitrogens with one attached hydrogen (secondary N) is 3. The van der Waals surface area contributed by atoms with Crippen molar-refractivity contribution in [2.45, 2.75) is 69.9 Å². The van der Waals surface area contributed by atoms with Gasteiger partial charge in [0.25, 0.3) is 5.91 Å². The van der Waals surface area contributed by atoms with Gasteiger partial charge in [0.15, 0.2) is 0 Å². The average Bonchev–Trinajstić information content (AvgIpc) is 3.61. The number of aliphatic carboxylic acids is 1. The Labute approximate surface area is 260 Å². The minimum Gasteiger partial charge on any atom is -0.480 e. The molecule has 0 bridgehead atoms. The van der Waals surface area contributed by atoms with Gasteiger partial charge in [-0.1, -0.05) is 54.2 Å². The Morgan fingerprint density at radius 3 is 2.28 bits per heavy atom. The molecule has 1 aliphatic carbocycles.